The molecule has 0 aliphatic heterocycles. The van der Waals surface area contributed by atoms with Crippen molar-refractivity contribution in [2.75, 3.05) is 33.5 Å². The van der Waals surface area contributed by atoms with Crippen LogP contribution >= 0.6 is 0 Å². The van der Waals surface area contributed by atoms with Crippen molar-refractivity contribution in [1.82, 2.24) is 5.32 Å². The van der Waals surface area contributed by atoms with Gasteiger partial charge in [0, 0.05) is 19.7 Å². The molecule has 0 aromatic rings. The molecule has 3 nitrogen and oxygen atoms in total. The lowest BCUT2D eigenvalue weighted by Crippen LogP contribution is -2.35. The standard InChI is InChI=1S/C10H20F3NO2/c1-3-4-9(7-15-2)14-5-6-16-8-10(11,12)13/h9,14H,3-8H2,1-2H3. The van der Waals surface area contributed by atoms with Gasteiger partial charge in [-0.1, -0.05) is 13.3 Å². The lowest BCUT2D eigenvalue weighted by Gasteiger charge is -2.17. The minimum Gasteiger partial charge on any atom is -0.383 e. The largest absolute Gasteiger partial charge is 0.411 e. The average molecular weight is 243 g/mol. The zero-order chi connectivity index (χ0) is 12.4. The van der Waals surface area contributed by atoms with Gasteiger partial charge in [0.25, 0.3) is 0 Å². The lowest BCUT2D eigenvalue weighted by atomic mass is 10.2. The van der Waals surface area contributed by atoms with Gasteiger partial charge in [-0.15, -0.1) is 0 Å². The first-order valence-electron chi connectivity index (χ1n) is 5.36. The van der Waals surface area contributed by atoms with Crippen molar-refractivity contribution in [3.05, 3.63) is 0 Å². The summed E-state index contributed by atoms with van der Waals surface area (Å²) in [6.07, 6.45) is -2.30. The molecule has 1 atom stereocenters. The molecule has 0 radical (unpaired) electrons. The Hall–Kier alpha value is -0.330. The number of alkyl halides is 3. The number of hydrogen-bond donors (Lipinski definition) is 1. The molecule has 0 aromatic carbocycles. The van der Waals surface area contributed by atoms with Gasteiger partial charge in [0.1, 0.15) is 6.61 Å². The summed E-state index contributed by atoms with van der Waals surface area (Å²) in [5.41, 5.74) is 0. The van der Waals surface area contributed by atoms with Crippen LogP contribution in [0, 0.1) is 0 Å². The van der Waals surface area contributed by atoms with Crippen molar-refractivity contribution in [1.29, 1.82) is 0 Å². The first-order valence-corrected chi connectivity index (χ1v) is 5.36. The van der Waals surface area contributed by atoms with Crippen LogP contribution in [-0.4, -0.2) is 45.7 Å². The molecule has 6 heteroatoms. The molecule has 16 heavy (non-hydrogen) atoms. The van der Waals surface area contributed by atoms with Crippen LogP contribution in [0.5, 0.6) is 0 Å². The fraction of sp³-hybridized carbons (Fsp3) is 1.00. The van der Waals surface area contributed by atoms with Crippen molar-refractivity contribution in [3.63, 3.8) is 0 Å². The summed E-state index contributed by atoms with van der Waals surface area (Å²) in [4.78, 5) is 0. The van der Waals surface area contributed by atoms with Crippen LogP contribution < -0.4 is 5.32 Å². The molecule has 0 fully saturated rings. The van der Waals surface area contributed by atoms with Crippen molar-refractivity contribution < 1.29 is 22.6 Å². The monoisotopic (exact) mass is 243 g/mol. The van der Waals surface area contributed by atoms with Gasteiger partial charge in [-0.2, -0.15) is 13.2 Å². The quantitative estimate of drug-likeness (QED) is 0.628. The predicted molar refractivity (Wildman–Crippen MR) is 55.4 cm³/mol. The predicted octanol–water partition coefficient (Wildman–Crippen LogP) is 1.97. The van der Waals surface area contributed by atoms with Crippen molar-refractivity contribution in [2.45, 2.75) is 32.0 Å². The van der Waals surface area contributed by atoms with Crippen molar-refractivity contribution in [2.24, 2.45) is 0 Å². The minimum atomic E-state index is -4.24. The minimum absolute atomic E-state index is 0.0590. The third-order valence-corrected chi connectivity index (χ3v) is 1.95. The summed E-state index contributed by atoms with van der Waals surface area (Å²) in [5.74, 6) is 0. The molecule has 0 aliphatic rings. The normalized spacial score (nSPS) is 14.1. The Kier molecular flexibility index (Phi) is 8.60. The second-order valence-electron chi connectivity index (χ2n) is 3.56. The summed E-state index contributed by atoms with van der Waals surface area (Å²) in [7, 11) is 1.60. The Labute approximate surface area is 94.3 Å². The Bertz CT molecular complexity index is 159. The molecule has 0 saturated heterocycles. The highest BCUT2D eigenvalue weighted by atomic mass is 19.4. The lowest BCUT2D eigenvalue weighted by molar-refractivity contribution is -0.173. The van der Waals surface area contributed by atoms with Crippen molar-refractivity contribution >= 4 is 0 Å². The van der Waals surface area contributed by atoms with E-state index in [2.05, 4.69) is 10.1 Å². The summed E-state index contributed by atoms with van der Waals surface area (Å²) in [6.45, 7) is 1.89. The fourth-order valence-corrected chi connectivity index (χ4v) is 1.32. The van der Waals surface area contributed by atoms with Crippen LogP contribution in [0.3, 0.4) is 0 Å². The molecule has 0 aliphatic carbocycles. The van der Waals surface area contributed by atoms with Gasteiger partial charge in [-0.3, -0.25) is 0 Å². The highest BCUT2D eigenvalue weighted by Crippen LogP contribution is 2.13. The molecular weight excluding hydrogens is 223 g/mol. The molecule has 1 N–H and O–H groups in total. The summed E-state index contributed by atoms with van der Waals surface area (Å²) in [5, 5.41) is 3.09. The van der Waals surface area contributed by atoms with E-state index in [1.54, 1.807) is 7.11 Å². The van der Waals surface area contributed by atoms with E-state index in [9.17, 15) is 13.2 Å². The maximum absolute atomic E-state index is 11.7. The van der Waals surface area contributed by atoms with Crippen LogP contribution in [0.25, 0.3) is 0 Å². The van der Waals surface area contributed by atoms with E-state index in [1.807, 2.05) is 6.92 Å². The smallest absolute Gasteiger partial charge is 0.383 e. The molecule has 0 heterocycles. The Morgan fingerprint density at radius 1 is 1.31 bits per heavy atom. The maximum Gasteiger partial charge on any atom is 0.411 e. The zero-order valence-corrected chi connectivity index (χ0v) is 9.77. The molecule has 0 rings (SSSR count). The maximum atomic E-state index is 11.7. The number of halogens is 3. The van der Waals surface area contributed by atoms with Gasteiger partial charge in [-0.05, 0) is 6.42 Å². The molecule has 0 saturated carbocycles. The molecule has 1 unspecified atom stereocenters. The molecule has 0 amide bonds. The first kappa shape index (κ1) is 15.7. The molecule has 98 valence electrons. The van der Waals surface area contributed by atoms with Crippen LogP contribution in [0.1, 0.15) is 19.8 Å². The van der Waals surface area contributed by atoms with Gasteiger partial charge in [0.2, 0.25) is 0 Å². The Morgan fingerprint density at radius 2 is 2.00 bits per heavy atom. The third kappa shape index (κ3) is 10.2. The number of ether oxygens (including phenoxy) is 2. The van der Waals surface area contributed by atoms with E-state index in [0.717, 1.165) is 12.8 Å². The van der Waals surface area contributed by atoms with Crippen LogP contribution in [0.2, 0.25) is 0 Å². The van der Waals surface area contributed by atoms with Crippen LogP contribution in [0.15, 0.2) is 0 Å². The number of hydrogen-bond acceptors (Lipinski definition) is 3. The SMILES string of the molecule is CCCC(COC)NCCOCC(F)(F)F. The highest BCUT2D eigenvalue weighted by molar-refractivity contribution is 4.64. The first-order chi connectivity index (χ1) is 7.49. The van der Waals surface area contributed by atoms with E-state index in [-0.39, 0.29) is 12.6 Å². The van der Waals surface area contributed by atoms with Crippen LogP contribution in [0.4, 0.5) is 13.2 Å². The van der Waals surface area contributed by atoms with E-state index in [0.29, 0.717) is 13.2 Å². The van der Waals surface area contributed by atoms with Gasteiger partial charge in [0.05, 0.1) is 13.2 Å². The van der Waals surface area contributed by atoms with Crippen molar-refractivity contribution in [3.8, 4) is 0 Å². The molecule has 0 aromatic heterocycles. The highest BCUT2D eigenvalue weighted by Gasteiger charge is 2.27. The second-order valence-corrected chi connectivity index (χ2v) is 3.56. The molecule has 0 spiro atoms. The van der Waals surface area contributed by atoms with Crippen LogP contribution in [-0.2, 0) is 9.47 Å². The number of nitrogens with one attached hydrogen (secondary N) is 1. The van der Waals surface area contributed by atoms with Gasteiger partial charge < -0.3 is 14.8 Å². The molecular formula is C10H20F3NO2. The van der Waals surface area contributed by atoms with E-state index < -0.39 is 12.8 Å². The van der Waals surface area contributed by atoms with Gasteiger partial charge in [-0.25, -0.2) is 0 Å². The topological polar surface area (TPSA) is 30.5 Å². The Balaban J connectivity index is 3.46. The van der Waals surface area contributed by atoms with E-state index in [4.69, 9.17) is 4.74 Å². The summed E-state index contributed by atoms with van der Waals surface area (Å²) >= 11 is 0. The average Bonchev–Trinajstić information content (AvgIpc) is 2.16. The second kappa shape index (κ2) is 8.78. The number of rotatable bonds is 9. The summed E-state index contributed by atoms with van der Waals surface area (Å²) < 4.78 is 44.6. The summed E-state index contributed by atoms with van der Waals surface area (Å²) in [6, 6.07) is 0.185. The number of methoxy groups -OCH3 is 1. The third-order valence-electron chi connectivity index (χ3n) is 1.95. The van der Waals surface area contributed by atoms with Gasteiger partial charge in [0.15, 0.2) is 0 Å². The molecule has 0 bridgehead atoms. The zero-order valence-electron chi connectivity index (χ0n) is 9.77. The van der Waals surface area contributed by atoms with E-state index in [1.165, 1.54) is 0 Å². The van der Waals surface area contributed by atoms with Gasteiger partial charge >= 0.3 is 6.18 Å². The fourth-order valence-electron chi connectivity index (χ4n) is 1.32. The van der Waals surface area contributed by atoms with E-state index >= 15 is 0 Å². The Morgan fingerprint density at radius 3 is 2.50 bits per heavy atom.